The molecule has 0 spiro atoms. The van der Waals surface area contributed by atoms with E-state index in [2.05, 4.69) is 0 Å². The van der Waals surface area contributed by atoms with E-state index in [4.69, 9.17) is 5.26 Å². The van der Waals surface area contributed by atoms with Crippen molar-refractivity contribution < 1.29 is 8.42 Å². The molecule has 5 heteroatoms. The zero-order valence-electron chi connectivity index (χ0n) is 7.52. The highest BCUT2D eigenvalue weighted by molar-refractivity contribution is 7.89. The number of hydrogen-bond acceptors (Lipinski definition) is 3. The van der Waals surface area contributed by atoms with Crippen LogP contribution in [0.15, 0.2) is 11.6 Å². The summed E-state index contributed by atoms with van der Waals surface area (Å²) in [6.45, 7) is 2.54. The first-order valence-electron chi connectivity index (χ1n) is 4.15. The van der Waals surface area contributed by atoms with Crippen LogP contribution in [0.1, 0.15) is 13.3 Å². The fourth-order valence-corrected chi connectivity index (χ4v) is 2.38. The monoisotopic (exact) mass is 200 g/mol. The fraction of sp³-hybridized carbons (Fsp3) is 0.625. The Morgan fingerprint density at radius 2 is 2.38 bits per heavy atom. The summed E-state index contributed by atoms with van der Waals surface area (Å²) in [6, 6.07) is 1.92. The molecule has 1 saturated heterocycles. The molecule has 0 N–H and O–H groups in total. The van der Waals surface area contributed by atoms with E-state index in [1.54, 1.807) is 6.92 Å². The zero-order chi connectivity index (χ0) is 9.90. The van der Waals surface area contributed by atoms with Gasteiger partial charge in [-0.2, -0.15) is 9.57 Å². The molecule has 1 aliphatic rings. The fourth-order valence-electron chi connectivity index (χ4n) is 1.28. The highest BCUT2D eigenvalue weighted by atomic mass is 32.2. The van der Waals surface area contributed by atoms with Crippen LogP contribution in [0.2, 0.25) is 0 Å². The van der Waals surface area contributed by atoms with E-state index >= 15 is 0 Å². The lowest BCUT2D eigenvalue weighted by Crippen LogP contribution is -2.29. The van der Waals surface area contributed by atoms with E-state index in [9.17, 15) is 8.42 Å². The highest BCUT2D eigenvalue weighted by Gasteiger charge is 2.25. The van der Waals surface area contributed by atoms with Gasteiger partial charge < -0.3 is 0 Å². The summed E-state index contributed by atoms with van der Waals surface area (Å²) in [5, 5.41) is 8.38. The maximum absolute atomic E-state index is 11.4. The van der Waals surface area contributed by atoms with E-state index in [-0.39, 0.29) is 5.75 Å². The molecule has 1 fully saturated rings. The topological polar surface area (TPSA) is 61.2 Å². The van der Waals surface area contributed by atoms with Crippen molar-refractivity contribution in [3.05, 3.63) is 11.6 Å². The summed E-state index contributed by atoms with van der Waals surface area (Å²) >= 11 is 0. The molecule has 4 nitrogen and oxygen atoms in total. The van der Waals surface area contributed by atoms with Crippen LogP contribution in [-0.2, 0) is 10.0 Å². The molecule has 0 aliphatic carbocycles. The summed E-state index contributed by atoms with van der Waals surface area (Å²) < 4.78 is 24.2. The number of nitriles is 1. The molecule has 13 heavy (non-hydrogen) atoms. The standard InChI is InChI=1S/C8H12N2O2S/c1-2-13(11,12)10-6-4-8(7-10)3-5-9/h3H,2,4,6-7H2,1H3/b8-3+. The Kier molecular flexibility index (Phi) is 3.07. The molecule has 0 bridgehead atoms. The predicted octanol–water partition coefficient (Wildman–Crippen LogP) is 0.492. The normalized spacial score (nSPS) is 22.0. The van der Waals surface area contributed by atoms with E-state index < -0.39 is 10.0 Å². The summed E-state index contributed by atoms with van der Waals surface area (Å²) in [5.41, 5.74) is 0.902. The third kappa shape index (κ3) is 2.29. The molecule has 0 aromatic carbocycles. The van der Waals surface area contributed by atoms with E-state index in [1.165, 1.54) is 10.4 Å². The van der Waals surface area contributed by atoms with Crippen LogP contribution in [-0.4, -0.2) is 31.6 Å². The Labute approximate surface area is 78.5 Å². The molecule has 0 atom stereocenters. The molecular formula is C8H12N2O2S. The Bertz CT molecular complexity index is 351. The minimum Gasteiger partial charge on any atom is -0.212 e. The van der Waals surface area contributed by atoms with Crippen LogP contribution >= 0.6 is 0 Å². The van der Waals surface area contributed by atoms with Gasteiger partial charge in [0.2, 0.25) is 10.0 Å². The molecule has 0 saturated carbocycles. The third-order valence-electron chi connectivity index (χ3n) is 2.09. The summed E-state index contributed by atoms with van der Waals surface area (Å²) in [5.74, 6) is 0.132. The first-order valence-corrected chi connectivity index (χ1v) is 5.76. The molecule has 1 aliphatic heterocycles. The molecule has 72 valence electrons. The molecule has 0 amide bonds. The van der Waals surface area contributed by atoms with Crippen molar-refractivity contribution in [2.75, 3.05) is 18.8 Å². The number of sulfonamides is 1. The lowest BCUT2D eigenvalue weighted by atomic mass is 10.2. The summed E-state index contributed by atoms with van der Waals surface area (Å²) in [7, 11) is -3.07. The van der Waals surface area contributed by atoms with Gasteiger partial charge in [-0.05, 0) is 18.9 Å². The van der Waals surface area contributed by atoms with Crippen LogP contribution in [0.3, 0.4) is 0 Å². The van der Waals surface area contributed by atoms with Crippen LogP contribution in [0.4, 0.5) is 0 Å². The summed E-state index contributed by atoms with van der Waals surface area (Å²) in [4.78, 5) is 0. The minimum atomic E-state index is -3.07. The second-order valence-corrected chi connectivity index (χ2v) is 5.17. The summed E-state index contributed by atoms with van der Waals surface area (Å²) in [6.07, 6.45) is 2.12. The number of rotatable bonds is 2. The lowest BCUT2D eigenvalue weighted by Gasteiger charge is -2.12. The van der Waals surface area contributed by atoms with Gasteiger partial charge in [0.05, 0.1) is 11.8 Å². The highest BCUT2D eigenvalue weighted by Crippen LogP contribution is 2.18. The Morgan fingerprint density at radius 3 is 2.92 bits per heavy atom. The van der Waals surface area contributed by atoms with Crippen LogP contribution < -0.4 is 0 Å². The Hall–Kier alpha value is -0.860. The van der Waals surface area contributed by atoms with Crippen LogP contribution in [0, 0.1) is 11.3 Å². The largest absolute Gasteiger partial charge is 0.214 e. The van der Waals surface area contributed by atoms with Crippen molar-refractivity contribution in [1.29, 1.82) is 5.26 Å². The van der Waals surface area contributed by atoms with E-state index in [1.807, 2.05) is 6.07 Å². The number of nitrogens with zero attached hydrogens (tertiary/aromatic N) is 2. The van der Waals surface area contributed by atoms with Gasteiger partial charge in [0.25, 0.3) is 0 Å². The Morgan fingerprint density at radius 1 is 1.69 bits per heavy atom. The first-order chi connectivity index (χ1) is 6.10. The van der Waals surface area contributed by atoms with Crippen LogP contribution in [0.5, 0.6) is 0 Å². The van der Waals surface area contributed by atoms with Gasteiger partial charge in [0.15, 0.2) is 0 Å². The quantitative estimate of drug-likeness (QED) is 0.609. The zero-order valence-corrected chi connectivity index (χ0v) is 8.34. The molecule has 0 aromatic rings. The number of hydrogen-bond donors (Lipinski definition) is 0. The SMILES string of the molecule is CCS(=O)(=O)N1CC/C(=C\C#N)C1. The van der Waals surface area contributed by atoms with Gasteiger partial charge in [-0.3, -0.25) is 0 Å². The van der Waals surface area contributed by atoms with E-state index in [0.29, 0.717) is 19.5 Å². The number of allylic oxidation sites excluding steroid dienone is 1. The van der Waals surface area contributed by atoms with Crippen LogP contribution in [0.25, 0.3) is 0 Å². The average molecular weight is 200 g/mol. The first kappa shape index (κ1) is 10.2. The van der Waals surface area contributed by atoms with Crippen molar-refractivity contribution >= 4 is 10.0 Å². The molecule has 1 rings (SSSR count). The molecule has 0 unspecified atom stereocenters. The van der Waals surface area contributed by atoms with Crippen molar-refractivity contribution in [1.82, 2.24) is 4.31 Å². The van der Waals surface area contributed by atoms with Crippen molar-refractivity contribution in [2.45, 2.75) is 13.3 Å². The second-order valence-electron chi connectivity index (χ2n) is 2.92. The predicted molar refractivity (Wildman–Crippen MR) is 49.3 cm³/mol. The Balaban J connectivity index is 2.72. The minimum absolute atomic E-state index is 0.132. The molecular weight excluding hydrogens is 188 g/mol. The second kappa shape index (κ2) is 3.90. The smallest absolute Gasteiger partial charge is 0.212 e. The van der Waals surface area contributed by atoms with Gasteiger partial charge in [0, 0.05) is 19.2 Å². The van der Waals surface area contributed by atoms with Crippen molar-refractivity contribution in [2.24, 2.45) is 0 Å². The average Bonchev–Trinajstić information content (AvgIpc) is 2.54. The van der Waals surface area contributed by atoms with Gasteiger partial charge in [-0.15, -0.1) is 0 Å². The molecule has 1 heterocycles. The van der Waals surface area contributed by atoms with Gasteiger partial charge in [0.1, 0.15) is 0 Å². The van der Waals surface area contributed by atoms with Gasteiger partial charge in [-0.1, -0.05) is 0 Å². The lowest BCUT2D eigenvalue weighted by molar-refractivity contribution is 0.483. The van der Waals surface area contributed by atoms with E-state index in [0.717, 1.165) is 5.57 Å². The molecule has 0 aromatic heterocycles. The van der Waals surface area contributed by atoms with Gasteiger partial charge in [-0.25, -0.2) is 8.42 Å². The maximum atomic E-state index is 11.4. The van der Waals surface area contributed by atoms with Crippen molar-refractivity contribution in [3.8, 4) is 6.07 Å². The van der Waals surface area contributed by atoms with Crippen molar-refractivity contribution in [3.63, 3.8) is 0 Å². The van der Waals surface area contributed by atoms with Gasteiger partial charge >= 0.3 is 0 Å². The molecule has 0 radical (unpaired) electrons. The maximum Gasteiger partial charge on any atom is 0.214 e. The third-order valence-corrected chi connectivity index (χ3v) is 3.92.